The molecule has 196 valence electrons. The van der Waals surface area contributed by atoms with Gasteiger partial charge in [0, 0.05) is 30.3 Å². The molecular weight excluding hydrogens is 436 g/mol. The van der Waals surface area contributed by atoms with E-state index in [1.165, 1.54) is 94.0 Å². The van der Waals surface area contributed by atoms with Crippen LogP contribution in [0.4, 0.5) is 0 Å². The zero-order valence-corrected chi connectivity index (χ0v) is 23.3. The van der Waals surface area contributed by atoms with E-state index in [0.29, 0.717) is 5.92 Å². The zero-order valence-electron chi connectivity index (χ0n) is 23.3. The highest BCUT2D eigenvalue weighted by Gasteiger charge is 2.39. The van der Waals surface area contributed by atoms with Crippen molar-refractivity contribution in [3.05, 3.63) is 90.0 Å². The number of aryl methyl sites for hydroxylation is 1. The monoisotopic (exact) mass is 486 g/mol. The van der Waals surface area contributed by atoms with Crippen molar-refractivity contribution < 1.29 is 0 Å². The highest BCUT2D eigenvalue weighted by molar-refractivity contribution is 5.33. The maximum atomic E-state index is 5.02. The molecule has 2 atom stereocenters. The molecule has 2 nitrogen and oxygen atoms in total. The Bertz CT molecular complexity index is 946. The highest BCUT2D eigenvalue weighted by Crippen LogP contribution is 2.44. The first-order chi connectivity index (χ1) is 17.7. The summed E-state index contributed by atoms with van der Waals surface area (Å²) >= 11 is 0. The van der Waals surface area contributed by atoms with Gasteiger partial charge in [-0.05, 0) is 30.4 Å². The Labute approximate surface area is 221 Å². The van der Waals surface area contributed by atoms with Gasteiger partial charge in [0.2, 0.25) is 0 Å². The number of hydrogen-bond donors (Lipinski definition) is 0. The predicted molar refractivity (Wildman–Crippen MR) is 156 cm³/mol. The lowest BCUT2D eigenvalue weighted by Gasteiger charge is -2.39. The summed E-state index contributed by atoms with van der Waals surface area (Å²) in [6.45, 7) is 8.17. The van der Waals surface area contributed by atoms with Crippen LogP contribution in [0, 0.1) is 0 Å². The molecule has 1 heterocycles. The fourth-order valence-corrected chi connectivity index (χ4v) is 5.82. The average molecular weight is 487 g/mol. The van der Waals surface area contributed by atoms with Gasteiger partial charge in [-0.15, -0.1) is 0 Å². The molecule has 2 unspecified atom stereocenters. The van der Waals surface area contributed by atoms with E-state index in [9.17, 15) is 0 Å². The van der Waals surface area contributed by atoms with Crippen LogP contribution < -0.4 is 0 Å². The molecule has 3 rings (SSSR count). The fourth-order valence-electron chi connectivity index (χ4n) is 5.82. The summed E-state index contributed by atoms with van der Waals surface area (Å²) in [5.74, 6) is 1.67. The third-order valence-corrected chi connectivity index (χ3v) is 8.02. The minimum absolute atomic E-state index is 0.0145. The number of imidazole rings is 1. The van der Waals surface area contributed by atoms with Crippen LogP contribution in [0.25, 0.3) is 0 Å². The maximum Gasteiger partial charge on any atom is 0.112 e. The van der Waals surface area contributed by atoms with Gasteiger partial charge in [-0.1, -0.05) is 146 Å². The van der Waals surface area contributed by atoms with Crippen LogP contribution >= 0.6 is 0 Å². The van der Waals surface area contributed by atoms with Crippen LogP contribution in [0.1, 0.15) is 121 Å². The molecule has 2 aromatic carbocycles. The summed E-state index contributed by atoms with van der Waals surface area (Å²) in [5.41, 5.74) is 2.81. The van der Waals surface area contributed by atoms with Crippen molar-refractivity contribution >= 4 is 0 Å². The molecule has 0 radical (unpaired) electrons. The molecule has 0 amide bonds. The SMILES string of the molecule is CCCCCCCCCCCn1ccnc1C(CCCC)C(C)(Cc1ccccc1)c1ccccc1. The molecule has 0 spiro atoms. The molecule has 0 N–H and O–H groups in total. The van der Waals surface area contributed by atoms with Crippen LogP contribution in [0.5, 0.6) is 0 Å². The summed E-state index contributed by atoms with van der Waals surface area (Å²) in [4.78, 5) is 5.02. The van der Waals surface area contributed by atoms with E-state index >= 15 is 0 Å². The van der Waals surface area contributed by atoms with E-state index in [1.807, 2.05) is 6.20 Å². The van der Waals surface area contributed by atoms with Gasteiger partial charge in [-0.2, -0.15) is 0 Å². The van der Waals surface area contributed by atoms with Crippen LogP contribution in [-0.4, -0.2) is 9.55 Å². The summed E-state index contributed by atoms with van der Waals surface area (Å²) in [6.07, 6.45) is 21.2. The number of rotatable bonds is 18. The lowest BCUT2D eigenvalue weighted by molar-refractivity contribution is 0.324. The Morgan fingerprint density at radius 3 is 1.94 bits per heavy atom. The third kappa shape index (κ3) is 8.36. The van der Waals surface area contributed by atoms with E-state index in [2.05, 4.69) is 92.2 Å². The molecule has 2 heteroatoms. The van der Waals surface area contributed by atoms with E-state index < -0.39 is 0 Å². The third-order valence-electron chi connectivity index (χ3n) is 8.02. The number of nitrogens with zero attached hydrogens (tertiary/aromatic N) is 2. The van der Waals surface area contributed by atoms with Crippen molar-refractivity contribution in [1.29, 1.82) is 0 Å². The molecule has 0 aliphatic rings. The van der Waals surface area contributed by atoms with Crippen molar-refractivity contribution in [3.8, 4) is 0 Å². The van der Waals surface area contributed by atoms with Crippen molar-refractivity contribution in [2.24, 2.45) is 0 Å². The number of aromatic nitrogens is 2. The van der Waals surface area contributed by atoms with Gasteiger partial charge in [-0.3, -0.25) is 0 Å². The van der Waals surface area contributed by atoms with Crippen LogP contribution in [0.2, 0.25) is 0 Å². The predicted octanol–water partition coefficient (Wildman–Crippen LogP) is 9.89. The van der Waals surface area contributed by atoms with Gasteiger partial charge < -0.3 is 4.57 Å². The minimum Gasteiger partial charge on any atom is -0.335 e. The molecule has 36 heavy (non-hydrogen) atoms. The van der Waals surface area contributed by atoms with E-state index in [0.717, 1.165) is 13.0 Å². The number of hydrogen-bond acceptors (Lipinski definition) is 1. The molecule has 0 aliphatic carbocycles. The van der Waals surface area contributed by atoms with Gasteiger partial charge in [0.15, 0.2) is 0 Å². The second-order valence-electron chi connectivity index (χ2n) is 10.9. The quantitative estimate of drug-likeness (QED) is 0.164. The molecule has 0 aliphatic heterocycles. The first kappa shape index (κ1) is 28.2. The largest absolute Gasteiger partial charge is 0.335 e. The van der Waals surface area contributed by atoms with Crippen LogP contribution in [0.3, 0.4) is 0 Å². The lowest BCUT2D eigenvalue weighted by Crippen LogP contribution is -2.35. The lowest BCUT2D eigenvalue weighted by atomic mass is 9.66. The van der Waals surface area contributed by atoms with E-state index in [4.69, 9.17) is 4.98 Å². The highest BCUT2D eigenvalue weighted by atomic mass is 15.1. The van der Waals surface area contributed by atoms with Crippen molar-refractivity contribution in [1.82, 2.24) is 9.55 Å². The average Bonchev–Trinajstić information content (AvgIpc) is 3.37. The Balaban J connectivity index is 1.74. The second-order valence-corrected chi connectivity index (χ2v) is 10.9. The minimum atomic E-state index is -0.0145. The fraction of sp³-hybridized carbons (Fsp3) is 0.559. The van der Waals surface area contributed by atoms with E-state index in [-0.39, 0.29) is 5.41 Å². The first-order valence-corrected chi connectivity index (χ1v) is 14.8. The Kier molecular flexibility index (Phi) is 12.3. The van der Waals surface area contributed by atoms with Crippen molar-refractivity contribution in [2.45, 2.75) is 122 Å². The Morgan fingerprint density at radius 1 is 0.722 bits per heavy atom. The Morgan fingerprint density at radius 2 is 1.31 bits per heavy atom. The van der Waals surface area contributed by atoms with Gasteiger partial charge in [-0.25, -0.2) is 4.98 Å². The zero-order chi connectivity index (χ0) is 25.5. The number of benzene rings is 2. The summed E-state index contributed by atoms with van der Waals surface area (Å²) in [6, 6.07) is 22.2. The van der Waals surface area contributed by atoms with E-state index in [1.54, 1.807) is 0 Å². The van der Waals surface area contributed by atoms with Crippen molar-refractivity contribution in [3.63, 3.8) is 0 Å². The molecule has 1 aromatic heterocycles. The second kappa shape index (κ2) is 15.7. The molecule has 0 fully saturated rings. The molecular formula is C34H50N2. The van der Waals surface area contributed by atoms with Gasteiger partial charge in [0.05, 0.1) is 0 Å². The number of unbranched alkanes of at least 4 members (excludes halogenated alkanes) is 9. The van der Waals surface area contributed by atoms with Crippen LogP contribution in [0.15, 0.2) is 73.1 Å². The van der Waals surface area contributed by atoms with Gasteiger partial charge in [0.1, 0.15) is 5.82 Å². The normalized spacial score (nSPS) is 14.0. The standard InChI is InChI=1S/C34H50N2/c1-4-6-8-9-10-11-12-13-20-27-36-28-26-35-33(36)32(25-7-5-2)34(3,31-23-18-15-19-24-31)29-30-21-16-14-17-22-30/h14-19,21-24,26,28,32H,4-13,20,25,27,29H2,1-3H3. The summed E-state index contributed by atoms with van der Waals surface area (Å²) in [7, 11) is 0. The molecule has 0 saturated carbocycles. The molecule has 3 aromatic rings. The summed E-state index contributed by atoms with van der Waals surface area (Å²) in [5, 5.41) is 0. The molecule has 0 saturated heterocycles. The van der Waals surface area contributed by atoms with Crippen LogP contribution in [-0.2, 0) is 18.4 Å². The smallest absolute Gasteiger partial charge is 0.112 e. The summed E-state index contributed by atoms with van der Waals surface area (Å²) < 4.78 is 2.48. The molecule has 0 bridgehead atoms. The maximum absolute atomic E-state index is 5.02. The van der Waals surface area contributed by atoms with Gasteiger partial charge >= 0.3 is 0 Å². The Hall–Kier alpha value is -2.35. The van der Waals surface area contributed by atoms with Gasteiger partial charge in [0.25, 0.3) is 0 Å². The topological polar surface area (TPSA) is 17.8 Å². The first-order valence-electron chi connectivity index (χ1n) is 14.8. The van der Waals surface area contributed by atoms with Crippen molar-refractivity contribution in [2.75, 3.05) is 0 Å².